The number of nitrogens with zero attached hydrogens (tertiary/aromatic N) is 1. The van der Waals surface area contributed by atoms with E-state index in [2.05, 4.69) is 18.8 Å². The fourth-order valence-corrected chi connectivity index (χ4v) is 2.07. The van der Waals surface area contributed by atoms with Gasteiger partial charge in [0.05, 0.1) is 10.9 Å². The van der Waals surface area contributed by atoms with E-state index >= 15 is 0 Å². The maximum absolute atomic E-state index is 12.3. The Labute approximate surface area is 105 Å². The van der Waals surface area contributed by atoms with Gasteiger partial charge in [-0.15, -0.1) is 0 Å². The molecule has 0 spiro atoms. The highest BCUT2D eigenvalue weighted by molar-refractivity contribution is 7.71. The summed E-state index contributed by atoms with van der Waals surface area (Å²) in [5.41, 5.74) is 0.813. The van der Waals surface area contributed by atoms with Crippen LogP contribution in [0.5, 0.6) is 0 Å². The molecule has 2 rings (SSSR count). The van der Waals surface area contributed by atoms with E-state index in [9.17, 15) is 4.79 Å². The van der Waals surface area contributed by atoms with E-state index in [-0.39, 0.29) is 5.56 Å². The van der Waals surface area contributed by atoms with Gasteiger partial charge in [0, 0.05) is 6.54 Å². The molecule has 90 valence electrons. The van der Waals surface area contributed by atoms with Crippen molar-refractivity contribution in [3.05, 3.63) is 39.4 Å². The molecule has 1 aromatic carbocycles. The van der Waals surface area contributed by atoms with Gasteiger partial charge < -0.3 is 4.98 Å². The first kappa shape index (κ1) is 12.0. The Hall–Kier alpha value is -1.42. The van der Waals surface area contributed by atoms with Crippen LogP contribution in [0.25, 0.3) is 10.9 Å². The molecule has 0 saturated carbocycles. The molecular formula is C13H16N2OS. The average Bonchev–Trinajstić information content (AvgIpc) is 2.34. The fourth-order valence-electron chi connectivity index (χ4n) is 1.81. The summed E-state index contributed by atoms with van der Waals surface area (Å²) in [6.45, 7) is 4.91. The first-order valence-electron chi connectivity index (χ1n) is 5.85. The third-order valence-electron chi connectivity index (χ3n) is 3.08. The van der Waals surface area contributed by atoms with Crippen molar-refractivity contribution in [2.24, 2.45) is 5.92 Å². The standard InChI is InChI=1S/C13H16N2OS/c1-3-9(2)8-15-12(16)10-6-4-5-7-11(10)14-13(15)17/h4-7,9H,3,8H2,1-2H3,(H,14,17). The van der Waals surface area contributed by atoms with Gasteiger partial charge in [-0.05, 0) is 30.3 Å². The second kappa shape index (κ2) is 4.84. The van der Waals surface area contributed by atoms with Gasteiger partial charge in [0.25, 0.3) is 5.56 Å². The molecule has 0 bridgehead atoms. The number of rotatable bonds is 3. The summed E-state index contributed by atoms with van der Waals surface area (Å²) < 4.78 is 2.17. The van der Waals surface area contributed by atoms with Crippen LogP contribution in [0.1, 0.15) is 20.3 Å². The predicted octanol–water partition coefficient (Wildman–Crippen LogP) is 3.11. The third-order valence-corrected chi connectivity index (χ3v) is 3.40. The molecule has 0 aliphatic rings. The summed E-state index contributed by atoms with van der Waals surface area (Å²) in [4.78, 5) is 15.4. The summed E-state index contributed by atoms with van der Waals surface area (Å²) in [5, 5.41) is 0.699. The molecule has 0 saturated heterocycles. The quantitative estimate of drug-likeness (QED) is 0.847. The van der Waals surface area contributed by atoms with Gasteiger partial charge in [-0.1, -0.05) is 32.4 Å². The van der Waals surface area contributed by atoms with Gasteiger partial charge in [0.2, 0.25) is 0 Å². The number of hydrogen-bond donors (Lipinski definition) is 1. The van der Waals surface area contributed by atoms with E-state index in [1.165, 1.54) is 0 Å². The van der Waals surface area contributed by atoms with E-state index in [0.29, 0.717) is 22.6 Å². The lowest BCUT2D eigenvalue weighted by atomic mass is 10.1. The smallest absolute Gasteiger partial charge is 0.262 e. The van der Waals surface area contributed by atoms with Gasteiger partial charge >= 0.3 is 0 Å². The Balaban J connectivity index is 2.64. The SMILES string of the molecule is CCC(C)Cn1c(=S)[nH]c2ccccc2c1=O. The lowest BCUT2D eigenvalue weighted by molar-refractivity contribution is 0.454. The summed E-state index contributed by atoms with van der Waals surface area (Å²) in [6.07, 6.45) is 1.04. The van der Waals surface area contributed by atoms with Crippen molar-refractivity contribution in [3.8, 4) is 0 Å². The normalized spacial score (nSPS) is 12.8. The van der Waals surface area contributed by atoms with Crippen molar-refractivity contribution in [3.63, 3.8) is 0 Å². The van der Waals surface area contributed by atoms with Gasteiger partial charge in [-0.25, -0.2) is 0 Å². The van der Waals surface area contributed by atoms with Crippen LogP contribution in [0, 0.1) is 10.7 Å². The zero-order valence-electron chi connectivity index (χ0n) is 10.1. The zero-order valence-corrected chi connectivity index (χ0v) is 10.9. The molecular weight excluding hydrogens is 232 g/mol. The Kier molecular flexibility index (Phi) is 3.43. The van der Waals surface area contributed by atoms with Crippen molar-refractivity contribution >= 4 is 23.1 Å². The number of H-pyrrole nitrogens is 1. The molecule has 0 amide bonds. The molecule has 0 radical (unpaired) electrons. The predicted molar refractivity (Wildman–Crippen MR) is 72.8 cm³/mol. The van der Waals surface area contributed by atoms with Crippen molar-refractivity contribution in [1.29, 1.82) is 0 Å². The topological polar surface area (TPSA) is 37.8 Å². The van der Waals surface area contributed by atoms with Crippen LogP contribution in [0.3, 0.4) is 0 Å². The Bertz CT molecular complexity index is 642. The first-order chi connectivity index (χ1) is 8.13. The number of aromatic amines is 1. The van der Waals surface area contributed by atoms with Crippen LogP contribution in [0.15, 0.2) is 29.1 Å². The molecule has 1 aromatic heterocycles. The van der Waals surface area contributed by atoms with Crippen molar-refractivity contribution < 1.29 is 0 Å². The Morgan fingerprint density at radius 1 is 1.41 bits per heavy atom. The second-order valence-corrected chi connectivity index (χ2v) is 4.79. The third kappa shape index (κ3) is 2.31. The van der Waals surface area contributed by atoms with Gasteiger partial charge in [-0.3, -0.25) is 9.36 Å². The van der Waals surface area contributed by atoms with E-state index in [1.807, 2.05) is 24.3 Å². The van der Waals surface area contributed by atoms with E-state index in [0.717, 1.165) is 11.9 Å². The number of para-hydroxylation sites is 1. The minimum absolute atomic E-state index is 0.00431. The second-order valence-electron chi connectivity index (χ2n) is 4.40. The Morgan fingerprint density at radius 2 is 2.12 bits per heavy atom. The maximum atomic E-state index is 12.3. The summed E-state index contributed by atoms with van der Waals surface area (Å²) in [7, 11) is 0. The van der Waals surface area contributed by atoms with E-state index in [4.69, 9.17) is 12.2 Å². The molecule has 1 heterocycles. The van der Waals surface area contributed by atoms with Gasteiger partial charge in [0.1, 0.15) is 0 Å². The van der Waals surface area contributed by atoms with Crippen molar-refractivity contribution in [2.45, 2.75) is 26.8 Å². The van der Waals surface area contributed by atoms with E-state index in [1.54, 1.807) is 4.57 Å². The minimum atomic E-state index is 0.00431. The maximum Gasteiger partial charge on any atom is 0.262 e. The number of benzene rings is 1. The molecule has 17 heavy (non-hydrogen) atoms. The first-order valence-corrected chi connectivity index (χ1v) is 6.26. The summed E-state index contributed by atoms with van der Waals surface area (Å²) >= 11 is 5.24. The summed E-state index contributed by atoms with van der Waals surface area (Å²) in [6, 6.07) is 7.47. The van der Waals surface area contributed by atoms with Crippen molar-refractivity contribution in [1.82, 2.24) is 9.55 Å². The largest absolute Gasteiger partial charge is 0.332 e. The van der Waals surface area contributed by atoms with Gasteiger partial charge in [-0.2, -0.15) is 0 Å². The molecule has 1 N–H and O–H groups in total. The van der Waals surface area contributed by atoms with Crippen LogP contribution >= 0.6 is 12.2 Å². The molecule has 4 heteroatoms. The van der Waals surface area contributed by atoms with Crippen LogP contribution in [-0.4, -0.2) is 9.55 Å². The molecule has 0 fully saturated rings. The Morgan fingerprint density at radius 3 is 2.82 bits per heavy atom. The molecule has 0 aliphatic carbocycles. The zero-order chi connectivity index (χ0) is 12.4. The van der Waals surface area contributed by atoms with Gasteiger partial charge in [0.15, 0.2) is 4.77 Å². The van der Waals surface area contributed by atoms with Crippen molar-refractivity contribution in [2.75, 3.05) is 0 Å². The molecule has 2 aromatic rings. The molecule has 1 atom stereocenters. The number of fused-ring (bicyclic) bond motifs is 1. The average molecular weight is 248 g/mol. The molecule has 1 unspecified atom stereocenters. The van der Waals surface area contributed by atoms with Crippen LogP contribution in [-0.2, 0) is 6.54 Å². The number of aromatic nitrogens is 2. The van der Waals surface area contributed by atoms with Crippen LogP contribution in [0.2, 0.25) is 0 Å². The highest BCUT2D eigenvalue weighted by Crippen LogP contribution is 2.08. The van der Waals surface area contributed by atoms with E-state index < -0.39 is 0 Å². The highest BCUT2D eigenvalue weighted by Gasteiger charge is 2.07. The van der Waals surface area contributed by atoms with Crippen LogP contribution in [0.4, 0.5) is 0 Å². The fraction of sp³-hybridized carbons (Fsp3) is 0.385. The summed E-state index contributed by atoms with van der Waals surface area (Å²) in [5.74, 6) is 0.448. The molecule has 0 aliphatic heterocycles. The minimum Gasteiger partial charge on any atom is -0.332 e. The highest BCUT2D eigenvalue weighted by atomic mass is 32.1. The molecule has 3 nitrogen and oxygen atoms in total. The lowest BCUT2D eigenvalue weighted by Gasteiger charge is -2.12. The van der Waals surface area contributed by atoms with Crippen LogP contribution < -0.4 is 5.56 Å². The lowest BCUT2D eigenvalue weighted by Crippen LogP contribution is -2.24. The number of hydrogen-bond acceptors (Lipinski definition) is 2. The monoisotopic (exact) mass is 248 g/mol. The number of nitrogens with one attached hydrogen (secondary N) is 1.